The molecule has 3 aromatic rings. The van der Waals surface area contributed by atoms with E-state index < -0.39 is 0 Å². The van der Waals surface area contributed by atoms with Gasteiger partial charge in [-0.05, 0) is 79.1 Å². The fourth-order valence-electron chi connectivity index (χ4n) is 4.13. The summed E-state index contributed by atoms with van der Waals surface area (Å²) in [5, 5.41) is 15.5. The Balaban J connectivity index is 0.00000240. The van der Waals surface area contributed by atoms with Gasteiger partial charge in [0.25, 0.3) is 0 Å². The van der Waals surface area contributed by atoms with Gasteiger partial charge in [-0.1, -0.05) is 24.3 Å². The highest BCUT2D eigenvalue weighted by Crippen LogP contribution is 2.32. The van der Waals surface area contributed by atoms with E-state index in [1.165, 1.54) is 42.5 Å². The molecule has 1 heterocycles. The Morgan fingerprint density at radius 3 is 2.52 bits per heavy atom. The lowest BCUT2D eigenvalue weighted by molar-refractivity contribution is 0.374. The van der Waals surface area contributed by atoms with Crippen LogP contribution in [-0.4, -0.2) is 24.7 Å². The summed E-state index contributed by atoms with van der Waals surface area (Å²) in [6.45, 7) is 3.93. The van der Waals surface area contributed by atoms with Crippen LogP contribution in [0.1, 0.15) is 24.8 Å². The SMILES string of the molecule is Cl.Oc1ccc2c(N3CCC(CCNCc4ccc(F)cc4)CC3)cccc2c1. The molecule has 29 heavy (non-hydrogen) atoms. The zero-order chi connectivity index (χ0) is 19.3. The minimum absolute atomic E-state index is 0. The average Bonchev–Trinajstić information content (AvgIpc) is 2.72. The Bertz CT molecular complexity index is 924. The first-order valence-electron chi connectivity index (χ1n) is 10.1. The highest BCUT2D eigenvalue weighted by molar-refractivity contribution is 5.95. The third-order valence-corrected chi connectivity index (χ3v) is 5.77. The van der Waals surface area contributed by atoms with Gasteiger partial charge < -0.3 is 15.3 Å². The van der Waals surface area contributed by atoms with Crippen LogP contribution in [0.2, 0.25) is 0 Å². The van der Waals surface area contributed by atoms with Crippen LogP contribution in [0.25, 0.3) is 10.8 Å². The molecule has 2 N–H and O–H groups in total. The molecule has 1 aliphatic rings. The van der Waals surface area contributed by atoms with Crippen molar-refractivity contribution < 1.29 is 9.50 Å². The van der Waals surface area contributed by atoms with E-state index in [2.05, 4.69) is 28.4 Å². The highest BCUT2D eigenvalue weighted by atomic mass is 35.5. The standard InChI is InChI=1S/C24H27FN2O.ClH/c25-21-6-4-19(5-7-21)17-26-13-10-18-11-14-27(15-12-18)24-3-1-2-20-16-22(28)8-9-23(20)24;/h1-9,16,18,26,28H,10-15,17H2;1H. The molecule has 0 aliphatic carbocycles. The highest BCUT2D eigenvalue weighted by Gasteiger charge is 2.20. The van der Waals surface area contributed by atoms with Crippen LogP contribution in [0, 0.1) is 11.7 Å². The summed E-state index contributed by atoms with van der Waals surface area (Å²) < 4.78 is 12.9. The normalized spacial score (nSPS) is 14.7. The molecular formula is C24H28ClFN2O. The fourth-order valence-corrected chi connectivity index (χ4v) is 4.13. The van der Waals surface area contributed by atoms with Crippen LogP contribution in [0.5, 0.6) is 5.75 Å². The summed E-state index contributed by atoms with van der Waals surface area (Å²) in [7, 11) is 0. The van der Waals surface area contributed by atoms with Crippen molar-refractivity contribution in [2.75, 3.05) is 24.5 Å². The van der Waals surface area contributed by atoms with Gasteiger partial charge >= 0.3 is 0 Å². The summed E-state index contributed by atoms with van der Waals surface area (Å²) in [5.74, 6) is 0.881. The first-order valence-corrected chi connectivity index (χ1v) is 10.1. The van der Waals surface area contributed by atoms with Crippen LogP contribution in [0.4, 0.5) is 10.1 Å². The third-order valence-electron chi connectivity index (χ3n) is 5.77. The summed E-state index contributed by atoms with van der Waals surface area (Å²) in [6.07, 6.45) is 3.58. The summed E-state index contributed by atoms with van der Waals surface area (Å²) >= 11 is 0. The van der Waals surface area contributed by atoms with Crippen molar-refractivity contribution in [3.63, 3.8) is 0 Å². The number of hydrogen-bond donors (Lipinski definition) is 2. The van der Waals surface area contributed by atoms with Gasteiger partial charge in [0, 0.05) is 30.7 Å². The topological polar surface area (TPSA) is 35.5 Å². The number of nitrogens with one attached hydrogen (secondary N) is 1. The van der Waals surface area contributed by atoms with Crippen molar-refractivity contribution in [2.45, 2.75) is 25.8 Å². The minimum Gasteiger partial charge on any atom is -0.508 e. The maximum Gasteiger partial charge on any atom is 0.123 e. The number of piperidine rings is 1. The second kappa shape index (κ2) is 9.95. The van der Waals surface area contributed by atoms with E-state index in [9.17, 15) is 9.50 Å². The molecule has 1 aliphatic heterocycles. The van der Waals surface area contributed by atoms with Gasteiger partial charge in [-0.2, -0.15) is 0 Å². The average molecular weight is 415 g/mol. The van der Waals surface area contributed by atoms with E-state index in [-0.39, 0.29) is 18.2 Å². The Morgan fingerprint density at radius 1 is 1.00 bits per heavy atom. The molecule has 3 nitrogen and oxygen atoms in total. The summed E-state index contributed by atoms with van der Waals surface area (Å²) in [6, 6.07) is 18.6. The fraction of sp³-hybridized carbons (Fsp3) is 0.333. The van der Waals surface area contributed by atoms with Crippen molar-refractivity contribution in [1.29, 1.82) is 0 Å². The molecule has 3 aromatic carbocycles. The van der Waals surface area contributed by atoms with E-state index >= 15 is 0 Å². The van der Waals surface area contributed by atoms with Crippen molar-refractivity contribution in [2.24, 2.45) is 5.92 Å². The lowest BCUT2D eigenvalue weighted by atomic mass is 9.92. The number of benzene rings is 3. The number of nitrogens with zero attached hydrogens (tertiary/aromatic N) is 1. The van der Waals surface area contributed by atoms with E-state index in [4.69, 9.17) is 0 Å². The number of phenolic OH excluding ortho intramolecular Hbond substituents is 1. The van der Waals surface area contributed by atoms with Crippen LogP contribution < -0.4 is 10.2 Å². The number of halogens is 2. The molecule has 4 rings (SSSR count). The van der Waals surface area contributed by atoms with Crippen molar-refractivity contribution in [1.82, 2.24) is 5.32 Å². The Morgan fingerprint density at radius 2 is 1.76 bits per heavy atom. The zero-order valence-electron chi connectivity index (χ0n) is 16.5. The monoisotopic (exact) mass is 414 g/mol. The number of phenols is 1. The van der Waals surface area contributed by atoms with Crippen molar-refractivity contribution in [3.05, 3.63) is 72.0 Å². The Labute approximate surface area is 178 Å². The van der Waals surface area contributed by atoms with Gasteiger partial charge in [-0.25, -0.2) is 4.39 Å². The van der Waals surface area contributed by atoms with Gasteiger partial charge in [0.15, 0.2) is 0 Å². The van der Waals surface area contributed by atoms with Crippen LogP contribution in [-0.2, 0) is 6.54 Å². The molecule has 0 saturated carbocycles. The smallest absolute Gasteiger partial charge is 0.123 e. The second-order valence-corrected chi connectivity index (χ2v) is 7.70. The molecule has 0 amide bonds. The first-order chi connectivity index (χ1) is 13.7. The number of hydrogen-bond acceptors (Lipinski definition) is 3. The number of anilines is 1. The van der Waals surface area contributed by atoms with E-state index in [0.717, 1.165) is 43.0 Å². The van der Waals surface area contributed by atoms with Crippen LogP contribution in [0.15, 0.2) is 60.7 Å². The maximum absolute atomic E-state index is 12.9. The van der Waals surface area contributed by atoms with E-state index in [0.29, 0.717) is 5.75 Å². The second-order valence-electron chi connectivity index (χ2n) is 7.70. The zero-order valence-corrected chi connectivity index (χ0v) is 17.3. The molecule has 0 unspecified atom stereocenters. The molecular weight excluding hydrogens is 387 g/mol. The van der Waals surface area contributed by atoms with Gasteiger partial charge in [0.2, 0.25) is 0 Å². The molecule has 0 radical (unpaired) electrons. The molecule has 154 valence electrons. The van der Waals surface area contributed by atoms with Crippen LogP contribution in [0.3, 0.4) is 0 Å². The van der Waals surface area contributed by atoms with E-state index in [1.807, 2.05) is 24.3 Å². The molecule has 1 saturated heterocycles. The van der Waals surface area contributed by atoms with Gasteiger partial charge in [-0.15, -0.1) is 12.4 Å². The molecule has 0 bridgehead atoms. The maximum atomic E-state index is 12.9. The van der Waals surface area contributed by atoms with Gasteiger partial charge in [0.1, 0.15) is 11.6 Å². The molecule has 0 spiro atoms. The number of rotatable bonds is 6. The predicted molar refractivity (Wildman–Crippen MR) is 121 cm³/mol. The molecule has 0 atom stereocenters. The van der Waals surface area contributed by atoms with Crippen molar-refractivity contribution in [3.8, 4) is 5.75 Å². The van der Waals surface area contributed by atoms with E-state index in [1.54, 1.807) is 6.07 Å². The quantitative estimate of drug-likeness (QED) is 0.522. The van der Waals surface area contributed by atoms with Crippen molar-refractivity contribution >= 4 is 28.9 Å². The summed E-state index contributed by atoms with van der Waals surface area (Å²) in [5.41, 5.74) is 2.39. The first kappa shape index (κ1) is 21.4. The van der Waals surface area contributed by atoms with Gasteiger partial charge in [-0.3, -0.25) is 0 Å². The molecule has 1 fully saturated rings. The molecule has 5 heteroatoms. The lowest BCUT2D eigenvalue weighted by Gasteiger charge is -2.34. The number of fused-ring (bicyclic) bond motifs is 1. The largest absolute Gasteiger partial charge is 0.508 e. The third kappa shape index (κ3) is 5.40. The Kier molecular flexibility index (Phi) is 7.34. The summed E-state index contributed by atoms with van der Waals surface area (Å²) in [4.78, 5) is 2.47. The lowest BCUT2D eigenvalue weighted by Crippen LogP contribution is -2.34. The predicted octanol–water partition coefficient (Wildman–Crippen LogP) is 5.50. The van der Waals surface area contributed by atoms with Gasteiger partial charge in [0.05, 0.1) is 0 Å². The minimum atomic E-state index is -0.182. The number of aromatic hydroxyl groups is 1. The Hall–Kier alpha value is -2.30. The van der Waals surface area contributed by atoms with Crippen LogP contribution >= 0.6 is 12.4 Å². The molecule has 0 aromatic heterocycles.